The van der Waals surface area contributed by atoms with Crippen LogP contribution in [0.5, 0.6) is 17.4 Å². The van der Waals surface area contributed by atoms with Gasteiger partial charge in [0.2, 0.25) is 5.88 Å². The molecule has 0 N–H and O–H groups in total. The summed E-state index contributed by atoms with van der Waals surface area (Å²) in [5.74, 6) is 1.60. The lowest BCUT2D eigenvalue weighted by Gasteiger charge is -2.04. The Morgan fingerprint density at radius 3 is 2.23 bits per heavy atom. The van der Waals surface area contributed by atoms with Gasteiger partial charge in [0.1, 0.15) is 11.5 Å². The first-order valence-corrected chi connectivity index (χ1v) is 8.15. The van der Waals surface area contributed by atoms with Crippen LogP contribution in [-0.4, -0.2) is 23.1 Å². The van der Waals surface area contributed by atoms with Crippen molar-refractivity contribution >= 4 is 23.5 Å². The highest BCUT2D eigenvalue weighted by Gasteiger charge is 2.03. The maximum absolute atomic E-state index is 12.2. The fourth-order valence-corrected chi connectivity index (χ4v) is 2.25. The molecule has 26 heavy (non-hydrogen) atoms. The van der Waals surface area contributed by atoms with E-state index in [1.807, 2.05) is 12.1 Å². The lowest BCUT2D eigenvalue weighted by atomic mass is 10.1. The summed E-state index contributed by atoms with van der Waals surface area (Å²) in [5, 5.41) is 7.85. The molecule has 0 unspecified atom stereocenters. The molecule has 6 heteroatoms. The van der Waals surface area contributed by atoms with Gasteiger partial charge in [0.15, 0.2) is 10.9 Å². The van der Waals surface area contributed by atoms with Gasteiger partial charge in [0.25, 0.3) is 0 Å². The molecule has 0 aliphatic rings. The Balaban J connectivity index is 1.63. The van der Waals surface area contributed by atoms with Crippen molar-refractivity contribution in [3.63, 3.8) is 0 Å². The second-order valence-corrected chi connectivity index (χ2v) is 5.68. The summed E-state index contributed by atoms with van der Waals surface area (Å²) >= 11 is 5.68. The molecule has 5 nitrogen and oxygen atoms in total. The number of hydrogen-bond donors (Lipinski definition) is 0. The molecule has 0 aliphatic heterocycles. The van der Waals surface area contributed by atoms with Gasteiger partial charge in [0.05, 0.1) is 7.11 Å². The quantitative estimate of drug-likeness (QED) is 0.462. The molecule has 2 aromatic carbocycles. The third-order valence-corrected chi connectivity index (χ3v) is 3.71. The van der Waals surface area contributed by atoms with Crippen LogP contribution in [-0.2, 0) is 0 Å². The van der Waals surface area contributed by atoms with Gasteiger partial charge in [-0.05, 0) is 54.1 Å². The molecule has 3 aromatic rings. The molecule has 0 saturated carbocycles. The molecule has 0 fully saturated rings. The predicted molar refractivity (Wildman–Crippen MR) is 99.9 cm³/mol. The SMILES string of the molecule is COc1ccc(C(=O)/C=C/c2ccc(Oc3ccc(Cl)nn3)cc2)cc1. The van der Waals surface area contributed by atoms with Crippen LogP contribution < -0.4 is 9.47 Å². The Labute approximate surface area is 155 Å². The minimum absolute atomic E-state index is 0.0792. The van der Waals surface area contributed by atoms with Crippen LogP contribution in [0.4, 0.5) is 0 Å². The molecular weight excluding hydrogens is 352 g/mol. The number of methoxy groups -OCH3 is 1. The van der Waals surface area contributed by atoms with Gasteiger partial charge in [-0.1, -0.05) is 29.8 Å². The van der Waals surface area contributed by atoms with E-state index in [2.05, 4.69) is 10.2 Å². The van der Waals surface area contributed by atoms with Crippen LogP contribution in [0.3, 0.4) is 0 Å². The molecule has 0 atom stereocenters. The first-order valence-electron chi connectivity index (χ1n) is 7.78. The van der Waals surface area contributed by atoms with Gasteiger partial charge < -0.3 is 9.47 Å². The van der Waals surface area contributed by atoms with Crippen LogP contribution >= 0.6 is 11.6 Å². The maximum atomic E-state index is 12.2. The largest absolute Gasteiger partial charge is 0.497 e. The minimum atomic E-state index is -0.0792. The number of carbonyl (C=O) groups is 1. The van der Waals surface area contributed by atoms with Gasteiger partial charge in [-0.2, -0.15) is 0 Å². The monoisotopic (exact) mass is 366 g/mol. The Morgan fingerprint density at radius 1 is 0.923 bits per heavy atom. The zero-order valence-electron chi connectivity index (χ0n) is 13.9. The van der Waals surface area contributed by atoms with Gasteiger partial charge in [-0.3, -0.25) is 4.79 Å². The predicted octanol–water partition coefficient (Wildman–Crippen LogP) is 4.83. The van der Waals surface area contributed by atoms with E-state index in [9.17, 15) is 4.79 Å². The topological polar surface area (TPSA) is 61.3 Å². The summed E-state index contributed by atoms with van der Waals surface area (Å²) in [6.07, 6.45) is 3.28. The van der Waals surface area contributed by atoms with Crippen molar-refractivity contribution in [3.05, 3.63) is 83.0 Å². The average Bonchev–Trinajstić information content (AvgIpc) is 2.69. The molecule has 130 valence electrons. The van der Waals surface area contributed by atoms with E-state index < -0.39 is 0 Å². The zero-order valence-corrected chi connectivity index (χ0v) is 14.7. The number of nitrogens with zero attached hydrogens (tertiary/aromatic N) is 2. The van der Waals surface area contributed by atoms with Crippen molar-refractivity contribution in [2.45, 2.75) is 0 Å². The van der Waals surface area contributed by atoms with Crippen LogP contribution in [0.1, 0.15) is 15.9 Å². The third-order valence-electron chi connectivity index (χ3n) is 3.51. The first kappa shape index (κ1) is 17.6. The third kappa shape index (κ3) is 4.68. The summed E-state index contributed by atoms with van der Waals surface area (Å²) in [7, 11) is 1.59. The number of allylic oxidation sites excluding steroid dienone is 1. The van der Waals surface area contributed by atoms with Crippen molar-refractivity contribution in [3.8, 4) is 17.4 Å². The number of aromatic nitrogens is 2. The lowest BCUT2D eigenvalue weighted by Crippen LogP contribution is -1.94. The van der Waals surface area contributed by atoms with Crippen molar-refractivity contribution in [2.24, 2.45) is 0 Å². The molecule has 3 rings (SSSR count). The Bertz CT molecular complexity index is 905. The van der Waals surface area contributed by atoms with Crippen LogP contribution in [0.2, 0.25) is 5.15 Å². The van der Waals surface area contributed by atoms with Gasteiger partial charge >= 0.3 is 0 Å². The summed E-state index contributed by atoms with van der Waals surface area (Å²) in [6.45, 7) is 0. The summed E-state index contributed by atoms with van der Waals surface area (Å²) in [6, 6.07) is 17.5. The lowest BCUT2D eigenvalue weighted by molar-refractivity contribution is 0.104. The fourth-order valence-electron chi connectivity index (χ4n) is 2.15. The van der Waals surface area contributed by atoms with E-state index in [4.69, 9.17) is 21.1 Å². The van der Waals surface area contributed by atoms with Gasteiger partial charge in [-0.15, -0.1) is 10.2 Å². The molecule has 0 aliphatic carbocycles. The van der Waals surface area contributed by atoms with Gasteiger partial charge in [-0.25, -0.2) is 0 Å². The van der Waals surface area contributed by atoms with E-state index in [1.54, 1.807) is 61.7 Å². The normalized spacial score (nSPS) is 10.7. The van der Waals surface area contributed by atoms with E-state index in [1.165, 1.54) is 6.08 Å². The highest BCUT2D eigenvalue weighted by atomic mass is 35.5. The summed E-state index contributed by atoms with van der Waals surface area (Å²) in [5.41, 5.74) is 1.48. The second kappa shape index (κ2) is 8.27. The highest BCUT2D eigenvalue weighted by molar-refractivity contribution is 6.29. The second-order valence-electron chi connectivity index (χ2n) is 5.29. The van der Waals surface area contributed by atoms with Crippen molar-refractivity contribution in [1.82, 2.24) is 10.2 Å². The molecule has 0 bridgehead atoms. The number of rotatable bonds is 6. The molecule has 1 aromatic heterocycles. The van der Waals surface area contributed by atoms with E-state index in [0.717, 1.165) is 5.56 Å². The summed E-state index contributed by atoms with van der Waals surface area (Å²) < 4.78 is 10.7. The fraction of sp³-hybridized carbons (Fsp3) is 0.0500. The Kier molecular flexibility index (Phi) is 5.61. The highest BCUT2D eigenvalue weighted by Crippen LogP contribution is 2.20. The Hall–Kier alpha value is -3.18. The molecule has 0 saturated heterocycles. The van der Waals surface area contributed by atoms with Crippen molar-refractivity contribution in [2.75, 3.05) is 7.11 Å². The van der Waals surface area contributed by atoms with Crippen LogP contribution in [0.15, 0.2) is 66.7 Å². The van der Waals surface area contributed by atoms with E-state index in [0.29, 0.717) is 28.1 Å². The number of halogens is 1. The molecular formula is C20H15ClN2O3. The minimum Gasteiger partial charge on any atom is -0.497 e. The first-order chi connectivity index (χ1) is 12.6. The van der Waals surface area contributed by atoms with Crippen LogP contribution in [0.25, 0.3) is 6.08 Å². The standard InChI is InChI=1S/C20H15ClN2O3/c1-25-16-9-5-15(6-10-16)18(24)11-4-14-2-7-17(8-3-14)26-20-13-12-19(21)22-23-20/h2-13H,1H3/b11-4+. The molecule has 0 spiro atoms. The maximum Gasteiger partial charge on any atom is 0.238 e. The number of hydrogen-bond acceptors (Lipinski definition) is 5. The van der Waals surface area contributed by atoms with Crippen molar-refractivity contribution in [1.29, 1.82) is 0 Å². The molecule has 0 radical (unpaired) electrons. The van der Waals surface area contributed by atoms with Gasteiger partial charge in [0, 0.05) is 11.6 Å². The number of benzene rings is 2. The molecule has 0 amide bonds. The number of carbonyl (C=O) groups excluding carboxylic acids is 1. The number of ketones is 1. The average molecular weight is 367 g/mol. The van der Waals surface area contributed by atoms with E-state index in [-0.39, 0.29) is 5.78 Å². The van der Waals surface area contributed by atoms with E-state index >= 15 is 0 Å². The number of ether oxygens (including phenoxy) is 2. The zero-order chi connectivity index (χ0) is 18.4. The van der Waals surface area contributed by atoms with Crippen LogP contribution in [0, 0.1) is 0 Å². The Morgan fingerprint density at radius 2 is 1.62 bits per heavy atom. The molecule has 1 heterocycles. The summed E-state index contributed by atoms with van der Waals surface area (Å²) in [4.78, 5) is 12.2. The smallest absolute Gasteiger partial charge is 0.238 e. The van der Waals surface area contributed by atoms with Crippen molar-refractivity contribution < 1.29 is 14.3 Å².